The van der Waals surface area contributed by atoms with Crippen LogP contribution in [0.2, 0.25) is 0 Å². The number of benzene rings is 1. The van der Waals surface area contributed by atoms with Gasteiger partial charge in [-0.15, -0.1) is 0 Å². The highest BCUT2D eigenvalue weighted by molar-refractivity contribution is 5.86. The average Bonchev–Trinajstić information content (AvgIpc) is 2.82. The van der Waals surface area contributed by atoms with Crippen molar-refractivity contribution in [1.82, 2.24) is 25.0 Å². The van der Waals surface area contributed by atoms with Crippen molar-refractivity contribution in [2.24, 2.45) is 7.05 Å². The zero-order valence-corrected chi connectivity index (χ0v) is 14.0. The highest BCUT2D eigenvalue weighted by Crippen LogP contribution is 2.21. The summed E-state index contributed by atoms with van der Waals surface area (Å²) in [4.78, 5) is 46.8. The molecule has 0 saturated heterocycles. The number of hydrogen-bond acceptors (Lipinski definition) is 5. The van der Waals surface area contributed by atoms with Crippen LogP contribution >= 0.6 is 0 Å². The molecule has 1 atom stereocenters. The first-order chi connectivity index (χ1) is 11.7. The van der Waals surface area contributed by atoms with Crippen LogP contribution in [0.15, 0.2) is 27.8 Å². The van der Waals surface area contributed by atoms with Crippen LogP contribution in [0.4, 0.5) is 0 Å². The molecule has 2 aromatic rings. The Bertz CT molecular complexity index is 923. The number of aromatic hydroxyl groups is 1. The van der Waals surface area contributed by atoms with Crippen LogP contribution in [0.5, 0.6) is 5.75 Å². The van der Waals surface area contributed by atoms with Gasteiger partial charge in [-0.25, -0.2) is 19.3 Å². The summed E-state index contributed by atoms with van der Waals surface area (Å²) in [6.45, 7) is 1.30. The lowest BCUT2D eigenvalue weighted by molar-refractivity contribution is -0.127. The normalized spacial score (nSPS) is 11.8. The summed E-state index contributed by atoms with van der Waals surface area (Å²) in [5, 5.41) is 17.3. The van der Waals surface area contributed by atoms with Crippen LogP contribution in [0.25, 0.3) is 5.69 Å². The third kappa shape index (κ3) is 3.79. The van der Waals surface area contributed by atoms with Crippen molar-refractivity contribution in [2.45, 2.75) is 19.4 Å². The van der Waals surface area contributed by atoms with Gasteiger partial charge < -0.3 is 15.7 Å². The summed E-state index contributed by atoms with van der Waals surface area (Å²) < 4.78 is 1.77. The predicted octanol–water partition coefficient (Wildman–Crippen LogP) is -1.64. The Labute approximate surface area is 142 Å². The molecule has 0 fully saturated rings. The Balaban J connectivity index is 2.42. The quantitative estimate of drug-likeness (QED) is 0.513. The lowest BCUT2D eigenvalue weighted by Crippen LogP contribution is -2.46. The number of aromatic nitrogens is 3. The Morgan fingerprint density at radius 2 is 2.00 bits per heavy atom. The van der Waals surface area contributed by atoms with Crippen molar-refractivity contribution in [3.63, 3.8) is 0 Å². The van der Waals surface area contributed by atoms with E-state index in [9.17, 15) is 24.3 Å². The highest BCUT2D eigenvalue weighted by atomic mass is 16.3. The van der Waals surface area contributed by atoms with Gasteiger partial charge in [0.2, 0.25) is 11.8 Å². The summed E-state index contributed by atoms with van der Waals surface area (Å²) in [6, 6.07) is 3.55. The first-order valence-electron chi connectivity index (χ1n) is 7.43. The molecule has 10 nitrogen and oxygen atoms in total. The fourth-order valence-electron chi connectivity index (χ4n) is 2.36. The maximum Gasteiger partial charge on any atom is 0.351 e. The zero-order chi connectivity index (χ0) is 18.7. The van der Waals surface area contributed by atoms with Crippen molar-refractivity contribution < 1.29 is 14.7 Å². The third-order valence-electron chi connectivity index (χ3n) is 3.65. The van der Waals surface area contributed by atoms with E-state index in [4.69, 9.17) is 0 Å². The maximum atomic E-state index is 12.0. The van der Waals surface area contributed by atoms with Crippen LogP contribution in [0, 0.1) is 0 Å². The number of hydrogen-bond donors (Lipinski definition) is 4. The summed E-state index contributed by atoms with van der Waals surface area (Å²) in [6.07, 6.45) is 0.137. The Hall–Kier alpha value is -3.30. The van der Waals surface area contributed by atoms with Gasteiger partial charge >= 0.3 is 11.4 Å². The molecule has 0 aliphatic carbocycles. The van der Waals surface area contributed by atoms with E-state index in [0.717, 1.165) is 9.25 Å². The SMILES string of the molecule is CNC(=O)[C@H](Cc1ccc(O)c(-n2[nH]c(=O)n(C)c2=O)c1)NC(C)=O. The molecule has 0 aliphatic rings. The summed E-state index contributed by atoms with van der Waals surface area (Å²) in [5.74, 6) is -0.963. The van der Waals surface area contributed by atoms with Gasteiger partial charge in [-0.1, -0.05) is 6.07 Å². The number of nitrogens with one attached hydrogen (secondary N) is 3. The predicted molar refractivity (Wildman–Crippen MR) is 88.7 cm³/mol. The minimum Gasteiger partial charge on any atom is -0.506 e. The van der Waals surface area contributed by atoms with Crippen LogP contribution in [0.3, 0.4) is 0 Å². The van der Waals surface area contributed by atoms with E-state index >= 15 is 0 Å². The van der Waals surface area contributed by atoms with Gasteiger partial charge in [-0.05, 0) is 17.7 Å². The van der Waals surface area contributed by atoms with Crippen molar-refractivity contribution >= 4 is 11.8 Å². The number of aromatic amines is 1. The highest BCUT2D eigenvalue weighted by Gasteiger charge is 2.20. The summed E-state index contributed by atoms with van der Waals surface area (Å²) in [5.41, 5.74) is -0.635. The summed E-state index contributed by atoms with van der Waals surface area (Å²) >= 11 is 0. The number of nitrogens with zero attached hydrogens (tertiary/aromatic N) is 2. The number of carbonyl (C=O) groups is 2. The standard InChI is InChI=1S/C15H19N5O5/c1-8(21)17-10(13(23)16-2)6-9-4-5-12(22)11(7-9)20-15(25)19(3)14(24)18-20/h4-5,7,10,22H,6H2,1-3H3,(H,16,23)(H,17,21)(H,18,24)/t10-/m0/s1. The van der Waals surface area contributed by atoms with Crippen LogP contribution in [-0.2, 0) is 23.1 Å². The number of H-pyrrole nitrogens is 1. The number of likely N-dealkylation sites (N-methyl/N-ethyl adjacent to an activating group) is 1. The largest absolute Gasteiger partial charge is 0.506 e. The molecule has 25 heavy (non-hydrogen) atoms. The molecule has 10 heteroatoms. The van der Waals surface area contributed by atoms with E-state index in [1.165, 1.54) is 33.2 Å². The molecule has 0 radical (unpaired) electrons. The van der Waals surface area contributed by atoms with Gasteiger partial charge in [0.1, 0.15) is 17.5 Å². The van der Waals surface area contributed by atoms with E-state index in [2.05, 4.69) is 15.7 Å². The van der Waals surface area contributed by atoms with Crippen molar-refractivity contribution in [3.05, 3.63) is 44.7 Å². The second kappa shape index (κ2) is 7.07. The van der Waals surface area contributed by atoms with E-state index in [1.54, 1.807) is 6.07 Å². The molecule has 1 aromatic carbocycles. The van der Waals surface area contributed by atoms with Gasteiger partial charge in [0.15, 0.2) is 0 Å². The Kier molecular flexibility index (Phi) is 5.11. The molecule has 134 valence electrons. The van der Waals surface area contributed by atoms with E-state index in [1.807, 2.05) is 0 Å². The van der Waals surface area contributed by atoms with Crippen molar-refractivity contribution in [2.75, 3.05) is 7.05 Å². The minimum absolute atomic E-state index is 0.0682. The van der Waals surface area contributed by atoms with Gasteiger partial charge in [0.25, 0.3) is 0 Å². The molecule has 0 unspecified atom stereocenters. The average molecular weight is 349 g/mol. The molecule has 1 heterocycles. The first kappa shape index (κ1) is 18.0. The molecule has 2 amide bonds. The molecule has 0 saturated carbocycles. The molecular formula is C15H19N5O5. The Morgan fingerprint density at radius 1 is 1.32 bits per heavy atom. The van der Waals surface area contributed by atoms with E-state index < -0.39 is 17.4 Å². The molecule has 0 aliphatic heterocycles. The molecule has 0 spiro atoms. The second-order valence-electron chi connectivity index (χ2n) is 5.49. The maximum absolute atomic E-state index is 12.0. The van der Waals surface area contributed by atoms with E-state index in [0.29, 0.717) is 5.56 Å². The number of amides is 2. The molecular weight excluding hydrogens is 330 g/mol. The number of phenolic OH excluding ortho intramolecular Hbond substituents is 1. The van der Waals surface area contributed by atoms with Gasteiger partial charge in [0, 0.05) is 27.4 Å². The second-order valence-corrected chi connectivity index (χ2v) is 5.49. The Morgan fingerprint density at radius 3 is 2.52 bits per heavy atom. The smallest absolute Gasteiger partial charge is 0.351 e. The van der Waals surface area contributed by atoms with Crippen molar-refractivity contribution in [3.8, 4) is 11.4 Å². The van der Waals surface area contributed by atoms with Crippen LogP contribution < -0.4 is 22.0 Å². The molecule has 2 rings (SSSR count). The molecule has 4 N–H and O–H groups in total. The lowest BCUT2D eigenvalue weighted by atomic mass is 10.0. The number of carbonyl (C=O) groups excluding carboxylic acids is 2. The molecule has 0 bridgehead atoms. The fourth-order valence-corrected chi connectivity index (χ4v) is 2.36. The monoisotopic (exact) mass is 349 g/mol. The third-order valence-corrected chi connectivity index (χ3v) is 3.65. The number of rotatable bonds is 5. The van der Waals surface area contributed by atoms with E-state index in [-0.39, 0.29) is 29.7 Å². The number of phenols is 1. The van der Waals surface area contributed by atoms with Gasteiger partial charge in [-0.3, -0.25) is 9.59 Å². The first-order valence-corrected chi connectivity index (χ1v) is 7.43. The lowest BCUT2D eigenvalue weighted by Gasteiger charge is -2.17. The molecule has 1 aromatic heterocycles. The zero-order valence-electron chi connectivity index (χ0n) is 14.0. The van der Waals surface area contributed by atoms with Crippen LogP contribution in [-0.4, -0.2) is 44.4 Å². The van der Waals surface area contributed by atoms with Crippen LogP contribution in [0.1, 0.15) is 12.5 Å². The van der Waals surface area contributed by atoms with Crippen molar-refractivity contribution in [1.29, 1.82) is 0 Å². The topological polar surface area (TPSA) is 138 Å². The fraction of sp³-hybridized carbons (Fsp3) is 0.333. The minimum atomic E-state index is -0.813. The van der Waals surface area contributed by atoms with Gasteiger partial charge in [-0.2, -0.15) is 4.68 Å². The summed E-state index contributed by atoms with van der Waals surface area (Å²) in [7, 11) is 2.75. The van der Waals surface area contributed by atoms with Gasteiger partial charge in [0.05, 0.1) is 0 Å².